The minimum atomic E-state index is -4.50. The van der Waals surface area contributed by atoms with Crippen molar-refractivity contribution in [3.8, 4) is 0 Å². The van der Waals surface area contributed by atoms with E-state index in [4.69, 9.17) is 4.74 Å². The number of anilines is 2. The molecule has 36 heavy (non-hydrogen) atoms. The standard InChI is InChI=1S/C25H23F3N6O2/c1-36-24(35)18-4-2-17(3-5-18)16-34-9-7-19-20(6-8-29-23(19)34)32-10-12-33(13-11-32)22-15-30-21(14-31-22)25(26,27)28/h2-9,14-15H,10-13,16H2,1H3. The molecule has 11 heteroatoms. The zero-order valence-corrected chi connectivity index (χ0v) is 19.4. The minimum absolute atomic E-state index is 0.371. The minimum Gasteiger partial charge on any atom is -0.465 e. The largest absolute Gasteiger partial charge is 0.465 e. The van der Waals surface area contributed by atoms with Crippen LogP contribution in [-0.4, -0.2) is 58.8 Å². The molecule has 186 valence electrons. The lowest BCUT2D eigenvalue weighted by Gasteiger charge is -2.36. The Balaban J connectivity index is 1.29. The van der Waals surface area contributed by atoms with Crippen LogP contribution < -0.4 is 9.80 Å². The van der Waals surface area contributed by atoms with Crippen molar-refractivity contribution < 1.29 is 22.7 Å². The van der Waals surface area contributed by atoms with E-state index >= 15 is 0 Å². The average Bonchev–Trinajstić information content (AvgIpc) is 3.31. The number of halogens is 3. The Morgan fingerprint density at radius 1 is 0.944 bits per heavy atom. The zero-order valence-electron chi connectivity index (χ0n) is 19.4. The predicted octanol–water partition coefficient (Wildman–Crippen LogP) is 4.01. The number of benzene rings is 1. The van der Waals surface area contributed by atoms with Crippen LogP contribution in [0.15, 0.2) is 61.2 Å². The van der Waals surface area contributed by atoms with Gasteiger partial charge < -0.3 is 19.1 Å². The summed E-state index contributed by atoms with van der Waals surface area (Å²) in [6.07, 6.45) is 1.23. The molecule has 0 radical (unpaired) electrons. The van der Waals surface area contributed by atoms with E-state index < -0.39 is 11.9 Å². The fraction of sp³-hybridized carbons (Fsp3) is 0.280. The number of esters is 1. The third kappa shape index (κ3) is 4.68. The Kier molecular flexibility index (Phi) is 6.21. The monoisotopic (exact) mass is 496 g/mol. The molecule has 0 N–H and O–H groups in total. The van der Waals surface area contributed by atoms with E-state index in [-0.39, 0.29) is 5.97 Å². The maximum Gasteiger partial charge on any atom is 0.434 e. The molecule has 1 aliphatic rings. The second-order valence-corrected chi connectivity index (χ2v) is 8.43. The number of alkyl halides is 3. The molecule has 3 aromatic heterocycles. The summed E-state index contributed by atoms with van der Waals surface area (Å²) in [6, 6.07) is 11.3. The van der Waals surface area contributed by atoms with Crippen molar-refractivity contribution in [1.29, 1.82) is 0 Å². The fourth-order valence-corrected chi connectivity index (χ4v) is 4.35. The summed E-state index contributed by atoms with van der Waals surface area (Å²) >= 11 is 0. The normalized spacial score (nSPS) is 14.3. The van der Waals surface area contributed by atoms with Gasteiger partial charge in [0.25, 0.3) is 0 Å². The van der Waals surface area contributed by atoms with Gasteiger partial charge in [-0.05, 0) is 29.8 Å². The zero-order chi connectivity index (χ0) is 25.3. The number of nitrogens with zero attached hydrogens (tertiary/aromatic N) is 6. The molecule has 8 nitrogen and oxygen atoms in total. The number of aromatic nitrogens is 4. The van der Waals surface area contributed by atoms with Crippen LogP contribution in [0.5, 0.6) is 0 Å². The second-order valence-electron chi connectivity index (χ2n) is 8.43. The molecular formula is C25H23F3N6O2. The number of pyridine rings is 1. The Morgan fingerprint density at radius 2 is 1.67 bits per heavy atom. The van der Waals surface area contributed by atoms with E-state index in [1.807, 2.05) is 35.4 Å². The van der Waals surface area contributed by atoms with Crippen molar-refractivity contribution in [3.63, 3.8) is 0 Å². The highest BCUT2D eigenvalue weighted by Gasteiger charge is 2.33. The van der Waals surface area contributed by atoms with Gasteiger partial charge in [0, 0.05) is 56.2 Å². The van der Waals surface area contributed by atoms with E-state index in [9.17, 15) is 18.0 Å². The molecule has 0 atom stereocenters. The lowest BCUT2D eigenvalue weighted by Crippen LogP contribution is -2.47. The first-order valence-corrected chi connectivity index (χ1v) is 11.3. The van der Waals surface area contributed by atoms with Gasteiger partial charge in [0.15, 0.2) is 5.69 Å². The summed E-state index contributed by atoms with van der Waals surface area (Å²) < 4.78 is 45.1. The molecule has 1 aromatic carbocycles. The quantitative estimate of drug-likeness (QED) is 0.387. The molecule has 0 unspecified atom stereocenters. The molecule has 0 aliphatic carbocycles. The number of carbonyl (C=O) groups excluding carboxylic acids is 1. The number of piperazine rings is 1. The maximum atomic E-state index is 12.8. The predicted molar refractivity (Wildman–Crippen MR) is 128 cm³/mol. The molecular weight excluding hydrogens is 473 g/mol. The van der Waals surface area contributed by atoms with Crippen LogP contribution in [0.1, 0.15) is 21.6 Å². The fourth-order valence-electron chi connectivity index (χ4n) is 4.35. The number of hydrogen-bond acceptors (Lipinski definition) is 7. The van der Waals surface area contributed by atoms with Crippen molar-refractivity contribution in [3.05, 3.63) is 78.0 Å². The topological polar surface area (TPSA) is 76.4 Å². The molecule has 0 bridgehead atoms. The van der Waals surface area contributed by atoms with Gasteiger partial charge in [-0.3, -0.25) is 0 Å². The van der Waals surface area contributed by atoms with Gasteiger partial charge in [-0.2, -0.15) is 13.2 Å². The molecule has 4 heterocycles. The summed E-state index contributed by atoms with van der Waals surface area (Å²) in [5.74, 6) is 0.0663. The number of hydrogen-bond donors (Lipinski definition) is 0. The lowest BCUT2D eigenvalue weighted by atomic mass is 10.1. The Labute approximate surface area is 205 Å². The van der Waals surface area contributed by atoms with Crippen molar-refractivity contribution in [2.45, 2.75) is 12.7 Å². The number of rotatable bonds is 5. The highest BCUT2D eigenvalue weighted by Crippen LogP contribution is 2.30. The van der Waals surface area contributed by atoms with Crippen LogP contribution >= 0.6 is 0 Å². The molecule has 1 saturated heterocycles. The molecule has 0 spiro atoms. The van der Waals surface area contributed by atoms with E-state index in [0.29, 0.717) is 44.1 Å². The summed E-state index contributed by atoms with van der Waals surface area (Å²) in [6.45, 7) is 3.18. The molecule has 1 fully saturated rings. The highest BCUT2D eigenvalue weighted by molar-refractivity contribution is 5.91. The van der Waals surface area contributed by atoms with Crippen molar-refractivity contribution in [2.75, 3.05) is 43.1 Å². The first-order valence-electron chi connectivity index (χ1n) is 11.3. The van der Waals surface area contributed by atoms with Gasteiger partial charge in [-0.1, -0.05) is 12.1 Å². The summed E-state index contributed by atoms with van der Waals surface area (Å²) in [5.41, 5.74) is 2.44. The molecule has 4 aromatic rings. The van der Waals surface area contributed by atoms with Gasteiger partial charge >= 0.3 is 12.1 Å². The average molecular weight is 496 g/mol. The van der Waals surface area contributed by atoms with Gasteiger partial charge in [0.1, 0.15) is 11.5 Å². The van der Waals surface area contributed by atoms with Crippen molar-refractivity contribution in [1.82, 2.24) is 19.5 Å². The van der Waals surface area contributed by atoms with Gasteiger partial charge in [-0.15, -0.1) is 0 Å². The SMILES string of the molecule is COC(=O)c1ccc(Cn2ccc3c(N4CCN(c5cnc(C(F)(F)F)cn5)CC4)ccnc32)cc1. The molecule has 5 rings (SSSR count). The summed E-state index contributed by atoms with van der Waals surface area (Å²) in [4.78, 5) is 27.9. The summed E-state index contributed by atoms with van der Waals surface area (Å²) in [5, 5.41) is 1.02. The van der Waals surface area contributed by atoms with Crippen LogP contribution in [0.4, 0.5) is 24.7 Å². The third-order valence-electron chi connectivity index (χ3n) is 6.24. The summed E-state index contributed by atoms with van der Waals surface area (Å²) in [7, 11) is 1.36. The van der Waals surface area contributed by atoms with Crippen LogP contribution in [0, 0.1) is 0 Å². The van der Waals surface area contributed by atoms with E-state index in [1.54, 1.807) is 18.3 Å². The van der Waals surface area contributed by atoms with Crippen LogP contribution in [-0.2, 0) is 17.5 Å². The molecule has 0 amide bonds. The third-order valence-corrected chi connectivity index (χ3v) is 6.24. The second kappa shape index (κ2) is 9.48. The first kappa shape index (κ1) is 23.6. The number of methoxy groups -OCH3 is 1. The Hall–Kier alpha value is -4.15. The smallest absolute Gasteiger partial charge is 0.434 e. The van der Waals surface area contributed by atoms with E-state index in [0.717, 1.165) is 28.5 Å². The lowest BCUT2D eigenvalue weighted by molar-refractivity contribution is -0.141. The van der Waals surface area contributed by atoms with Crippen LogP contribution in [0.3, 0.4) is 0 Å². The Bertz CT molecular complexity index is 1360. The van der Waals surface area contributed by atoms with Crippen molar-refractivity contribution in [2.24, 2.45) is 0 Å². The van der Waals surface area contributed by atoms with Crippen molar-refractivity contribution >= 4 is 28.5 Å². The van der Waals surface area contributed by atoms with Gasteiger partial charge in [0.05, 0.1) is 25.1 Å². The highest BCUT2D eigenvalue weighted by atomic mass is 19.4. The number of fused-ring (bicyclic) bond motifs is 1. The Morgan fingerprint density at radius 3 is 2.31 bits per heavy atom. The van der Waals surface area contributed by atoms with Crippen LogP contribution in [0.2, 0.25) is 0 Å². The molecule has 0 saturated carbocycles. The van der Waals surface area contributed by atoms with Gasteiger partial charge in [-0.25, -0.2) is 19.7 Å². The van der Waals surface area contributed by atoms with Gasteiger partial charge in [0.2, 0.25) is 0 Å². The number of ether oxygens (including phenoxy) is 1. The molecule has 1 aliphatic heterocycles. The maximum absolute atomic E-state index is 12.8. The van der Waals surface area contributed by atoms with E-state index in [2.05, 4.69) is 24.4 Å². The number of carbonyl (C=O) groups is 1. The first-order chi connectivity index (χ1) is 17.3. The van der Waals surface area contributed by atoms with E-state index in [1.165, 1.54) is 13.3 Å². The van der Waals surface area contributed by atoms with Crippen LogP contribution in [0.25, 0.3) is 11.0 Å².